The quantitative estimate of drug-likeness (QED) is 0.475. The summed E-state index contributed by atoms with van der Waals surface area (Å²) in [6.45, 7) is 3.95. The molecule has 0 aromatic heterocycles. The van der Waals surface area contributed by atoms with Crippen molar-refractivity contribution < 1.29 is 14.9 Å². The molecular weight excluding hydrogens is 146 g/mol. The first-order valence-corrected chi connectivity index (χ1v) is 3.86. The molecule has 4 N–H and O–H groups in total. The van der Waals surface area contributed by atoms with Gasteiger partial charge in [0.1, 0.15) is 6.10 Å². The predicted octanol–water partition coefficient (Wildman–Crippen LogP) is -0.561. The zero-order valence-electron chi connectivity index (χ0n) is 7.03. The van der Waals surface area contributed by atoms with Crippen molar-refractivity contribution in [1.82, 2.24) is 0 Å². The molecule has 0 amide bonds. The van der Waals surface area contributed by atoms with Gasteiger partial charge in [-0.05, 0) is 13.3 Å². The Labute approximate surface area is 67.0 Å². The predicted molar refractivity (Wildman–Crippen MR) is 41.9 cm³/mol. The van der Waals surface area contributed by atoms with Gasteiger partial charge in [0.25, 0.3) is 0 Å². The molecule has 11 heavy (non-hydrogen) atoms. The summed E-state index contributed by atoms with van der Waals surface area (Å²) in [6, 6.07) is -0.420. The molecular formula is C7H17NO3. The van der Waals surface area contributed by atoms with E-state index in [9.17, 15) is 5.11 Å². The molecule has 0 saturated heterocycles. The van der Waals surface area contributed by atoms with Crippen LogP contribution in [0.3, 0.4) is 0 Å². The Morgan fingerprint density at radius 1 is 1.36 bits per heavy atom. The minimum atomic E-state index is -1.16. The Hall–Kier alpha value is -0.160. The van der Waals surface area contributed by atoms with Crippen LogP contribution in [0.25, 0.3) is 0 Å². The normalized spacial score (nSPS) is 19.4. The molecule has 4 heteroatoms. The lowest BCUT2D eigenvalue weighted by atomic mass is 10.1. The van der Waals surface area contributed by atoms with Crippen molar-refractivity contribution in [3.05, 3.63) is 0 Å². The summed E-state index contributed by atoms with van der Waals surface area (Å²) in [5, 5.41) is 18.3. The Kier molecular flexibility index (Phi) is 5.41. The minimum Gasteiger partial charge on any atom is -0.386 e. The second kappa shape index (κ2) is 5.49. The van der Waals surface area contributed by atoms with Crippen LogP contribution in [0.4, 0.5) is 0 Å². The van der Waals surface area contributed by atoms with E-state index in [1.807, 2.05) is 6.92 Å². The Balaban J connectivity index is 3.70. The number of hydrogen-bond acceptors (Lipinski definition) is 4. The molecule has 0 aliphatic rings. The van der Waals surface area contributed by atoms with Crippen LogP contribution in [-0.4, -0.2) is 35.3 Å². The minimum absolute atomic E-state index is 0.370. The molecule has 0 aliphatic carbocycles. The largest absolute Gasteiger partial charge is 0.386 e. The summed E-state index contributed by atoms with van der Waals surface area (Å²) in [6.07, 6.45) is -1.53. The molecule has 4 nitrogen and oxygen atoms in total. The van der Waals surface area contributed by atoms with Gasteiger partial charge in [-0.2, -0.15) is 0 Å². The lowest BCUT2D eigenvalue weighted by Crippen LogP contribution is -2.43. The highest BCUT2D eigenvalue weighted by Gasteiger charge is 2.21. The molecule has 68 valence electrons. The van der Waals surface area contributed by atoms with Gasteiger partial charge < -0.3 is 20.7 Å². The lowest BCUT2D eigenvalue weighted by molar-refractivity contribution is -0.164. The molecule has 2 unspecified atom stereocenters. The Bertz CT molecular complexity index is 99.7. The molecule has 0 radical (unpaired) electrons. The molecule has 0 heterocycles. The van der Waals surface area contributed by atoms with E-state index in [2.05, 4.69) is 0 Å². The highest BCUT2D eigenvalue weighted by atomic mass is 16.6. The molecule has 0 bridgehead atoms. The fraction of sp³-hybridized carbons (Fsp3) is 1.00. The van der Waals surface area contributed by atoms with Crippen molar-refractivity contribution in [2.45, 2.75) is 38.7 Å². The van der Waals surface area contributed by atoms with Gasteiger partial charge >= 0.3 is 0 Å². The summed E-state index contributed by atoms with van der Waals surface area (Å²) < 4.78 is 4.75. The van der Waals surface area contributed by atoms with E-state index < -0.39 is 18.4 Å². The Morgan fingerprint density at radius 2 is 1.91 bits per heavy atom. The molecule has 0 aromatic rings. The first-order valence-electron chi connectivity index (χ1n) is 3.86. The number of ether oxygens (including phenoxy) is 1. The number of rotatable bonds is 5. The summed E-state index contributed by atoms with van der Waals surface area (Å²) in [7, 11) is 0. The van der Waals surface area contributed by atoms with Crippen LogP contribution in [-0.2, 0) is 4.74 Å². The number of nitrogens with two attached hydrogens (primary N) is 1. The summed E-state index contributed by atoms with van der Waals surface area (Å²) in [5.74, 6) is 0. The van der Waals surface area contributed by atoms with Gasteiger partial charge in [0.15, 0.2) is 6.29 Å². The van der Waals surface area contributed by atoms with E-state index in [-0.39, 0.29) is 0 Å². The van der Waals surface area contributed by atoms with Crippen LogP contribution >= 0.6 is 0 Å². The number of aliphatic hydroxyl groups is 2. The van der Waals surface area contributed by atoms with Crippen LogP contribution in [0.1, 0.15) is 20.3 Å². The molecule has 0 spiro atoms. The smallest absolute Gasteiger partial charge is 0.182 e. The van der Waals surface area contributed by atoms with Gasteiger partial charge in [0.05, 0.1) is 0 Å². The molecule has 0 fully saturated rings. The van der Waals surface area contributed by atoms with E-state index in [1.54, 1.807) is 6.92 Å². The van der Waals surface area contributed by atoms with Crippen molar-refractivity contribution >= 4 is 0 Å². The maximum Gasteiger partial charge on any atom is 0.182 e. The third-order valence-corrected chi connectivity index (χ3v) is 1.54. The first-order chi connectivity index (χ1) is 5.13. The zero-order valence-corrected chi connectivity index (χ0v) is 7.03. The van der Waals surface area contributed by atoms with Crippen LogP contribution < -0.4 is 5.73 Å². The first kappa shape index (κ1) is 10.8. The van der Waals surface area contributed by atoms with Crippen LogP contribution in [0, 0.1) is 0 Å². The highest BCUT2D eigenvalue weighted by molar-refractivity contribution is 4.71. The van der Waals surface area contributed by atoms with Crippen molar-refractivity contribution in [2.24, 2.45) is 5.73 Å². The van der Waals surface area contributed by atoms with Crippen LogP contribution in [0.2, 0.25) is 0 Å². The molecule has 0 rings (SSSR count). The van der Waals surface area contributed by atoms with E-state index in [0.717, 1.165) is 0 Å². The second-order valence-corrected chi connectivity index (χ2v) is 2.41. The van der Waals surface area contributed by atoms with Gasteiger partial charge in [0.2, 0.25) is 0 Å². The third kappa shape index (κ3) is 3.67. The lowest BCUT2D eigenvalue weighted by Gasteiger charge is -2.22. The SMILES string of the molecule is CCO[C@H](O)C(O)C(N)CC. The highest BCUT2D eigenvalue weighted by Crippen LogP contribution is 2.02. The molecule has 0 aliphatic heterocycles. The third-order valence-electron chi connectivity index (χ3n) is 1.54. The summed E-state index contributed by atoms with van der Waals surface area (Å²) in [5.41, 5.74) is 5.46. The Morgan fingerprint density at radius 3 is 2.27 bits per heavy atom. The van der Waals surface area contributed by atoms with Crippen molar-refractivity contribution in [3.63, 3.8) is 0 Å². The zero-order chi connectivity index (χ0) is 8.85. The average Bonchev–Trinajstić information content (AvgIpc) is 2.02. The standard InChI is InChI=1S/C7H17NO3/c1-3-5(8)6(9)7(10)11-4-2/h5-7,9-10H,3-4,8H2,1-2H3/t5?,6?,7-/m0/s1. The van der Waals surface area contributed by atoms with Crippen LogP contribution in [0.15, 0.2) is 0 Å². The van der Waals surface area contributed by atoms with Gasteiger partial charge in [-0.15, -0.1) is 0 Å². The van der Waals surface area contributed by atoms with Crippen molar-refractivity contribution in [1.29, 1.82) is 0 Å². The molecule has 3 atom stereocenters. The fourth-order valence-electron chi connectivity index (χ4n) is 0.722. The summed E-state index contributed by atoms with van der Waals surface area (Å²) >= 11 is 0. The summed E-state index contributed by atoms with van der Waals surface area (Å²) in [4.78, 5) is 0. The molecule has 0 aromatic carbocycles. The average molecular weight is 163 g/mol. The van der Waals surface area contributed by atoms with E-state index in [1.165, 1.54) is 0 Å². The second-order valence-electron chi connectivity index (χ2n) is 2.41. The van der Waals surface area contributed by atoms with Crippen molar-refractivity contribution in [3.8, 4) is 0 Å². The van der Waals surface area contributed by atoms with E-state index in [0.29, 0.717) is 13.0 Å². The van der Waals surface area contributed by atoms with Gasteiger partial charge in [-0.25, -0.2) is 0 Å². The van der Waals surface area contributed by atoms with Gasteiger partial charge in [-0.1, -0.05) is 6.92 Å². The van der Waals surface area contributed by atoms with Gasteiger partial charge in [-0.3, -0.25) is 0 Å². The van der Waals surface area contributed by atoms with E-state index >= 15 is 0 Å². The van der Waals surface area contributed by atoms with Crippen LogP contribution in [0.5, 0.6) is 0 Å². The van der Waals surface area contributed by atoms with E-state index in [4.69, 9.17) is 15.6 Å². The number of aliphatic hydroxyl groups excluding tert-OH is 2. The maximum absolute atomic E-state index is 9.22. The van der Waals surface area contributed by atoms with Gasteiger partial charge in [0, 0.05) is 12.6 Å². The van der Waals surface area contributed by atoms with Crippen molar-refractivity contribution in [2.75, 3.05) is 6.61 Å². The monoisotopic (exact) mass is 163 g/mol. The molecule has 0 saturated carbocycles. The topological polar surface area (TPSA) is 75.7 Å². The number of hydrogen-bond donors (Lipinski definition) is 3. The maximum atomic E-state index is 9.22. The fourth-order valence-corrected chi connectivity index (χ4v) is 0.722.